The average Bonchev–Trinajstić information content (AvgIpc) is 3.16. The lowest BCUT2D eigenvalue weighted by atomic mass is 9.95. The number of methoxy groups -OCH3 is 1. The number of nitrogens with zero attached hydrogens (tertiary/aromatic N) is 1. The van der Waals surface area contributed by atoms with Gasteiger partial charge in [-0.2, -0.15) is 0 Å². The molecule has 1 unspecified atom stereocenters. The van der Waals surface area contributed by atoms with Crippen LogP contribution < -0.4 is 9.47 Å². The number of amides is 1. The van der Waals surface area contributed by atoms with Gasteiger partial charge in [0.2, 0.25) is 0 Å². The zero-order valence-corrected chi connectivity index (χ0v) is 19.9. The lowest BCUT2D eigenvalue weighted by Gasteiger charge is -2.25. The van der Waals surface area contributed by atoms with Crippen molar-refractivity contribution in [3.8, 4) is 11.5 Å². The van der Waals surface area contributed by atoms with E-state index in [1.165, 1.54) is 0 Å². The van der Waals surface area contributed by atoms with Gasteiger partial charge in [-0.1, -0.05) is 49.4 Å². The van der Waals surface area contributed by atoms with Crippen LogP contribution in [-0.2, 0) is 16.0 Å². The van der Waals surface area contributed by atoms with Crippen molar-refractivity contribution in [2.75, 3.05) is 20.3 Å². The molecule has 1 fully saturated rings. The van der Waals surface area contributed by atoms with Gasteiger partial charge in [-0.3, -0.25) is 9.59 Å². The largest absolute Gasteiger partial charge is 0.507 e. The maximum atomic E-state index is 13.2. The third-order valence-corrected chi connectivity index (χ3v) is 6.06. The van der Waals surface area contributed by atoms with E-state index in [0.29, 0.717) is 30.9 Å². The molecule has 1 amide bonds. The number of Topliss-reactive ketones (excluding diaryl/α,β-unsaturated/α-hetero) is 1. The van der Waals surface area contributed by atoms with E-state index in [0.717, 1.165) is 23.3 Å². The molecule has 1 saturated heterocycles. The number of benzene rings is 3. The number of ether oxygens (including phenoxy) is 2. The van der Waals surface area contributed by atoms with E-state index in [9.17, 15) is 14.7 Å². The first-order chi connectivity index (χ1) is 17.0. The quantitative estimate of drug-likeness (QED) is 0.265. The van der Waals surface area contributed by atoms with Crippen LogP contribution in [0.3, 0.4) is 0 Å². The van der Waals surface area contributed by atoms with Gasteiger partial charge in [-0.15, -0.1) is 0 Å². The van der Waals surface area contributed by atoms with Gasteiger partial charge in [-0.25, -0.2) is 0 Å². The first kappa shape index (κ1) is 24.1. The van der Waals surface area contributed by atoms with Crippen LogP contribution in [0, 0.1) is 0 Å². The number of likely N-dealkylation sites (tertiary alicyclic amines) is 1. The van der Waals surface area contributed by atoms with E-state index in [1.54, 1.807) is 36.3 Å². The van der Waals surface area contributed by atoms with E-state index >= 15 is 0 Å². The van der Waals surface area contributed by atoms with Crippen molar-refractivity contribution in [1.82, 2.24) is 4.90 Å². The molecule has 35 heavy (non-hydrogen) atoms. The Bertz CT molecular complexity index is 1200. The van der Waals surface area contributed by atoms with Crippen molar-refractivity contribution in [2.24, 2.45) is 0 Å². The standard InChI is InChI=1S/C29H29NO5/c1-3-19-35-24-15-11-22(12-16-24)27(31)25-26(21-7-5-4-6-8-21)30(29(33)28(25)32)18-17-20-9-13-23(34-2)14-10-20/h4-16,26,31H,3,17-19H2,1-2H3/b27-25-. The fourth-order valence-electron chi connectivity index (χ4n) is 4.22. The highest BCUT2D eigenvalue weighted by atomic mass is 16.5. The highest BCUT2D eigenvalue weighted by molar-refractivity contribution is 6.46. The summed E-state index contributed by atoms with van der Waals surface area (Å²) in [5.74, 6) is -0.0482. The van der Waals surface area contributed by atoms with E-state index in [-0.39, 0.29) is 11.3 Å². The van der Waals surface area contributed by atoms with E-state index in [4.69, 9.17) is 9.47 Å². The van der Waals surface area contributed by atoms with Crippen LogP contribution >= 0.6 is 0 Å². The zero-order valence-electron chi connectivity index (χ0n) is 19.9. The van der Waals surface area contributed by atoms with Crippen LogP contribution in [0.1, 0.15) is 36.1 Å². The molecular formula is C29H29NO5. The molecule has 1 aliphatic rings. The van der Waals surface area contributed by atoms with Gasteiger partial charge in [0.15, 0.2) is 0 Å². The van der Waals surface area contributed by atoms with E-state index in [2.05, 4.69) is 0 Å². The third-order valence-electron chi connectivity index (χ3n) is 6.06. The van der Waals surface area contributed by atoms with Crippen molar-refractivity contribution in [2.45, 2.75) is 25.8 Å². The molecule has 1 atom stereocenters. The summed E-state index contributed by atoms with van der Waals surface area (Å²) in [5, 5.41) is 11.2. The van der Waals surface area contributed by atoms with Crippen molar-refractivity contribution in [1.29, 1.82) is 0 Å². The Morgan fingerprint density at radius 2 is 1.57 bits per heavy atom. The lowest BCUT2D eigenvalue weighted by Crippen LogP contribution is -2.31. The van der Waals surface area contributed by atoms with Crippen molar-refractivity contribution >= 4 is 17.4 Å². The Labute approximate surface area is 205 Å². The highest BCUT2D eigenvalue weighted by Gasteiger charge is 2.45. The number of carbonyl (C=O) groups is 2. The zero-order chi connectivity index (χ0) is 24.8. The van der Waals surface area contributed by atoms with Crippen molar-refractivity contribution in [3.63, 3.8) is 0 Å². The normalized spacial score (nSPS) is 17.0. The molecule has 3 aromatic rings. The van der Waals surface area contributed by atoms with Gasteiger partial charge < -0.3 is 19.5 Å². The molecule has 1 heterocycles. The monoisotopic (exact) mass is 471 g/mol. The number of carbonyl (C=O) groups excluding carboxylic acids is 2. The summed E-state index contributed by atoms with van der Waals surface area (Å²) in [6.07, 6.45) is 1.45. The minimum atomic E-state index is -0.683. The van der Waals surface area contributed by atoms with Gasteiger partial charge in [0.05, 0.1) is 25.3 Å². The van der Waals surface area contributed by atoms with Gasteiger partial charge in [-0.05, 0) is 60.4 Å². The highest BCUT2D eigenvalue weighted by Crippen LogP contribution is 2.39. The molecule has 6 nitrogen and oxygen atoms in total. The van der Waals surface area contributed by atoms with Crippen LogP contribution in [0.5, 0.6) is 11.5 Å². The summed E-state index contributed by atoms with van der Waals surface area (Å²) >= 11 is 0. The Morgan fingerprint density at radius 1 is 0.914 bits per heavy atom. The second-order valence-corrected chi connectivity index (χ2v) is 8.37. The molecule has 3 aromatic carbocycles. The minimum Gasteiger partial charge on any atom is -0.507 e. The van der Waals surface area contributed by atoms with Gasteiger partial charge in [0.25, 0.3) is 11.7 Å². The van der Waals surface area contributed by atoms with E-state index in [1.807, 2.05) is 61.5 Å². The molecule has 1 N–H and O–H groups in total. The molecule has 0 saturated carbocycles. The van der Waals surface area contributed by atoms with E-state index < -0.39 is 17.7 Å². The summed E-state index contributed by atoms with van der Waals surface area (Å²) < 4.78 is 10.8. The molecule has 180 valence electrons. The molecule has 0 aliphatic carbocycles. The minimum absolute atomic E-state index is 0.0955. The summed E-state index contributed by atoms with van der Waals surface area (Å²) in [4.78, 5) is 27.8. The van der Waals surface area contributed by atoms with Gasteiger partial charge in [0.1, 0.15) is 17.3 Å². The van der Waals surface area contributed by atoms with Crippen LogP contribution in [0.25, 0.3) is 5.76 Å². The molecular weight excluding hydrogens is 442 g/mol. The molecule has 0 spiro atoms. The van der Waals surface area contributed by atoms with Crippen LogP contribution in [-0.4, -0.2) is 42.0 Å². The smallest absolute Gasteiger partial charge is 0.295 e. The first-order valence-electron chi connectivity index (χ1n) is 11.7. The Balaban J connectivity index is 1.67. The van der Waals surface area contributed by atoms with Crippen molar-refractivity contribution < 1.29 is 24.2 Å². The second kappa shape index (κ2) is 10.9. The SMILES string of the molecule is CCCOc1ccc(/C(O)=C2/C(=O)C(=O)N(CCc3ccc(OC)cc3)C2c2ccccc2)cc1. The maximum Gasteiger partial charge on any atom is 0.295 e. The summed E-state index contributed by atoms with van der Waals surface area (Å²) in [6, 6.07) is 23.2. The lowest BCUT2D eigenvalue weighted by molar-refractivity contribution is -0.139. The number of aliphatic hydroxyl groups is 1. The first-order valence-corrected chi connectivity index (χ1v) is 11.7. The molecule has 6 heteroatoms. The summed E-state index contributed by atoms with van der Waals surface area (Å²) in [7, 11) is 1.61. The topological polar surface area (TPSA) is 76.1 Å². The average molecular weight is 472 g/mol. The molecule has 0 aromatic heterocycles. The number of ketones is 1. The molecule has 4 rings (SSSR count). The fraction of sp³-hybridized carbons (Fsp3) is 0.241. The van der Waals surface area contributed by atoms with Crippen LogP contribution in [0.2, 0.25) is 0 Å². The molecule has 1 aliphatic heterocycles. The molecule has 0 radical (unpaired) electrons. The Kier molecular flexibility index (Phi) is 7.51. The fourth-order valence-corrected chi connectivity index (χ4v) is 4.22. The van der Waals surface area contributed by atoms with Crippen LogP contribution in [0.4, 0.5) is 0 Å². The number of rotatable bonds is 9. The number of hydrogen-bond donors (Lipinski definition) is 1. The maximum absolute atomic E-state index is 13.2. The third kappa shape index (κ3) is 5.22. The summed E-state index contributed by atoms with van der Waals surface area (Å²) in [6.45, 7) is 2.95. The number of hydrogen-bond acceptors (Lipinski definition) is 5. The van der Waals surface area contributed by atoms with Gasteiger partial charge in [0, 0.05) is 12.1 Å². The predicted molar refractivity (Wildman–Crippen MR) is 134 cm³/mol. The summed E-state index contributed by atoms with van der Waals surface area (Å²) in [5.41, 5.74) is 2.34. The predicted octanol–water partition coefficient (Wildman–Crippen LogP) is 5.15. The Hall–Kier alpha value is -4.06. The van der Waals surface area contributed by atoms with Crippen molar-refractivity contribution in [3.05, 3.63) is 101 Å². The Morgan fingerprint density at radius 3 is 2.20 bits per heavy atom. The van der Waals surface area contributed by atoms with Crippen LogP contribution in [0.15, 0.2) is 84.4 Å². The number of aliphatic hydroxyl groups excluding tert-OH is 1. The second-order valence-electron chi connectivity index (χ2n) is 8.37. The molecule has 0 bridgehead atoms. The van der Waals surface area contributed by atoms with Gasteiger partial charge >= 0.3 is 0 Å².